The second kappa shape index (κ2) is 9.48. The van der Waals surface area contributed by atoms with E-state index in [2.05, 4.69) is 31.0 Å². The van der Waals surface area contributed by atoms with Gasteiger partial charge in [0.15, 0.2) is 0 Å². The minimum absolute atomic E-state index is 0.109. The topological polar surface area (TPSA) is 77.6 Å². The van der Waals surface area contributed by atoms with Crippen molar-refractivity contribution in [2.45, 2.75) is 104 Å². The van der Waals surface area contributed by atoms with Crippen LogP contribution in [0.3, 0.4) is 0 Å². The van der Waals surface area contributed by atoms with Crippen molar-refractivity contribution in [1.29, 1.82) is 0 Å². The Balaban J connectivity index is 1.30. The van der Waals surface area contributed by atoms with Crippen molar-refractivity contribution in [3.05, 3.63) is 11.8 Å². The summed E-state index contributed by atoms with van der Waals surface area (Å²) in [7, 11) is 3.59. The molecule has 192 valence electrons. The Kier molecular flexibility index (Phi) is 6.89. The van der Waals surface area contributed by atoms with E-state index in [-0.39, 0.29) is 6.10 Å². The van der Waals surface area contributed by atoms with E-state index in [0.29, 0.717) is 47.2 Å². The highest BCUT2D eigenvalue weighted by Crippen LogP contribution is 2.68. The van der Waals surface area contributed by atoms with E-state index in [0.717, 1.165) is 55.7 Å². The molecule has 0 aromatic carbocycles. The summed E-state index contributed by atoms with van der Waals surface area (Å²) in [5, 5.41) is 18.7. The van der Waals surface area contributed by atoms with Crippen molar-refractivity contribution in [3.8, 4) is 0 Å². The third-order valence-corrected chi connectivity index (χ3v) is 11.3. The predicted molar refractivity (Wildman–Crippen MR) is 130 cm³/mol. The van der Waals surface area contributed by atoms with Crippen molar-refractivity contribution in [3.63, 3.8) is 0 Å². The highest BCUT2D eigenvalue weighted by atomic mass is 16.5. The fraction of sp³-hybridized carbons (Fsp3) is 0.929. The van der Waals surface area contributed by atoms with Crippen molar-refractivity contribution < 1.29 is 19.0 Å². The van der Waals surface area contributed by atoms with Crippen LogP contribution < -0.4 is 0 Å². The minimum atomic E-state index is -0.109. The Morgan fingerprint density at radius 3 is 2.50 bits per heavy atom. The van der Waals surface area contributed by atoms with Crippen LogP contribution in [0.5, 0.6) is 0 Å². The molecule has 1 N–H and O–H groups in total. The van der Waals surface area contributed by atoms with Gasteiger partial charge in [-0.2, -0.15) is 0 Å². The molecule has 1 heterocycles. The summed E-state index contributed by atoms with van der Waals surface area (Å²) in [5.74, 6) is 5.48. The Morgan fingerprint density at radius 2 is 1.74 bits per heavy atom. The summed E-state index contributed by atoms with van der Waals surface area (Å²) in [4.78, 5) is 0. The van der Waals surface area contributed by atoms with Crippen LogP contribution in [0.1, 0.15) is 90.3 Å². The molecule has 0 saturated heterocycles. The average molecular weight is 475 g/mol. The van der Waals surface area contributed by atoms with E-state index in [4.69, 9.17) is 13.9 Å². The molecule has 6 nitrogen and oxygen atoms in total. The van der Waals surface area contributed by atoms with E-state index >= 15 is 0 Å². The number of aryl methyl sites for hydroxylation is 1. The summed E-state index contributed by atoms with van der Waals surface area (Å²) in [6.45, 7) is 8.00. The lowest BCUT2D eigenvalue weighted by Crippen LogP contribution is -2.59. The van der Waals surface area contributed by atoms with Gasteiger partial charge in [0.25, 0.3) is 0 Å². The van der Waals surface area contributed by atoms with E-state index in [1.54, 1.807) is 7.11 Å². The van der Waals surface area contributed by atoms with Crippen molar-refractivity contribution in [2.75, 3.05) is 14.2 Å². The van der Waals surface area contributed by atoms with Crippen LogP contribution in [0.25, 0.3) is 0 Å². The Hall–Kier alpha value is -0.980. The van der Waals surface area contributed by atoms with Crippen molar-refractivity contribution >= 4 is 0 Å². The molecule has 34 heavy (non-hydrogen) atoms. The van der Waals surface area contributed by atoms with Gasteiger partial charge in [0, 0.05) is 20.6 Å². The molecule has 1 aromatic heterocycles. The molecule has 0 spiro atoms. The van der Waals surface area contributed by atoms with Gasteiger partial charge in [-0.3, -0.25) is 0 Å². The van der Waals surface area contributed by atoms with Gasteiger partial charge in [-0.25, -0.2) is 0 Å². The lowest BCUT2D eigenvalue weighted by molar-refractivity contribution is -0.181. The molecule has 4 aliphatic rings. The smallest absolute Gasteiger partial charge is 0.242 e. The largest absolute Gasteiger partial charge is 0.423 e. The van der Waals surface area contributed by atoms with Gasteiger partial charge in [-0.05, 0) is 104 Å². The first-order chi connectivity index (χ1) is 16.3. The van der Waals surface area contributed by atoms with E-state index < -0.39 is 0 Å². The molecule has 4 aliphatic carbocycles. The number of aliphatic hydroxyl groups is 1. The quantitative estimate of drug-likeness (QED) is 0.568. The Labute approximate surface area is 205 Å². The summed E-state index contributed by atoms with van der Waals surface area (Å²) in [6.07, 6.45) is 11.8. The Morgan fingerprint density at radius 1 is 1.00 bits per heavy atom. The summed E-state index contributed by atoms with van der Waals surface area (Å²) >= 11 is 0. The number of aromatic nitrogens is 2. The lowest BCUT2D eigenvalue weighted by Gasteiger charge is -2.63. The molecule has 0 amide bonds. The molecular weight excluding hydrogens is 428 g/mol. The fourth-order valence-electron chi connectivity index (χ4n) is 9.52. The van der Waals surface area contributed by atoms with Gasteiger partial charge in [0.1, 0.15) is 6.61 Å². The number of nitrogens with zero attached hydrogens (tertiary/aromatic N) is 2. The van der Waals surface area contributed by atoms with Crippen molar-refractivity contribution in [2.24, 2.45) is 46.3 Å². The van der Waals surface area contributed by atoms with Gasteiger partial charge < -0.3 is 19.0 Å². The fourth-order valence-corrected chi connectivity index (χ4v) is 9.52. The lowest BCUT2D eigenvalue weighted by atomic mass is 9.43. The molecule has 4 fully saturated rings. The molecular formula is C28H46N2O4. The zero-order valence-corrected chi connectivity index (χ0v) is 22.0. The third kappa shape index (κ3) is 4.06. The molecule has 6 heteroatoms. The van der Waals surface area contributed by atoms with Gasteiger partial charge in [0.05, 0.1) is 12.2 Å². The van der Waals surface area contributed by atoms with Gasteiger partial charge >= 0.3 is 0 Å². The van der Waals surface area contributed by atoms with Crippen LogP contribution in [0.2, 0.25) is 0 Å². The second-order valence-corrected chi connectivity index (χ2v) is 12.7. The Bertz CT molecular complexity index is 844. The average Bonchev–Trinajstić information content (AvgIpc) is 3.41. The molecule has 0 bridgehead atoms. The van der Waals surface area contributed by atoms with Crippen molar-refractivity contribution in [1.82, 2.24) is 10.2 Å². The van der Waals surface area contributed by atoms with E-state index in [1.807, 2.05) is 7.11 Å². The zero-order valence-electron chi connectivity index (χ0n) is 22.0. The number of ether oxygens (including phenoxy) is 2. The molecule has 1 aromatic rings. The number of hydrogen-bond donors (Lipinski definition) is 1. The monoisotopic (exact) mass is 474 g/mol. The number of rotatable bonds is 7. The number of aliphatic hydroxyl groups excluding tert-OH is 1. The van der Waals surface area contributed by atoms with Crippen LogP contribution in [-0.4, -0.2) is 41.7 Å². The molecule has 1 unspecified atom stereocenters. The minimum Gasteiger partial charge on any atom is -0.423 e. The summed E-state index contributed by atoms with van der Waals surface area (Å²) in [6, 6.07) is 0. The van der Waals surface area contributed by atoms with Gasteiger partial charge in [-0.1, -0.05) is 20.8 Å². The number of fused-ring (bicyclic) bond motifs is 5. The SMILES string of the molecule is COCc1nnc(CCC(C)[C@H]2CC[C@H]3[C@@H]4[C@H](OC)C[C@@H]5C[C@H](O)CC[C@]5(C)[C@H]4CC[C@]23C)o1. The highest BCUT2D eigenvalue weighted by Gasteiger charge is 2.63. The zero-order chi connectivity index (χ0) is 24.1. The van der Waals surface area contributed by atoms with Crippen LogP contribution in [0.15, 0.2) is 4.42 Å². The van der Waals surface area contributed by atoms with Crippen LogP contribution >= 0.6 is 0 Å². The van der Waals surface area contributed by atoms with Crippen LogP contribution in [0.4, 0.5) is 0 Å². The molecule has 0 aliphatic heterocycles. The van der Waals surface area contributed by atoms with E-state index in [9.17, 15) is 5.11 Å². The summed E-state index contributed by atoms with van der Waals surface area (Å²) in [5.41, 5.74) is 0.770. The first-order valence-corrected chi connectivity index (χ1v) is 13.8. The number of methoxy groups -OCH3 is 2. The maximum Gasteiger partial charge on any atom is 0.242 e. The molecule has 4 saturated carbocycles. The first kappa shape index (κ1) is 24.7. The van der Waals surface area contributed by atoms with Crippen LogP contribution in [0, 0.1) is 46.3 Å². The first-order valence-electron chi connectivity index (χ1n) is 13.8. The maximum absolute atomic E-state index is 10.4. The van der Waals surface area contributed by atoms with Gasteiger partial charge in [0.2, 0.25) is 11.8 Å². The normalized spacial score (nSPS) is 44.8. The third-order valence-electron chi connectivity index (χ3n) is 11.3. The highest BCUT2D eigenvalue weighted by molar-refractivity contribution is 5.12. The molecule has 10 atom stereocenters. The molecule has 5 rings (SSSR count). The van der Waals surface area contributed by atoms with E-state index in [1.165, 1.54) is 32.1 Å². The second-order valence-electron chi connectivity index (χ2n) is 12.7. The van der Waals surface area contributed by atoms with Gasteiger partial charge in [-0.15, -0.1) is 10.2 Å². The molecule has 0 radical (unpaired) electrons. The predicted octanol–water partition coefficient (Wildman–Crippen LogP) is 5.43. The standard InChI is InChI=1S/C28H46N2O4/c1-17(6-9-24-29-30-25(34-24)16-32-4)20-7-8-21-26-22(11-13-28(20,21)3)27(2)12-10-19(31)14-18(27)15-23(26)33-5/h17-23,26,31H,6-16H2,1-5H3/t17?,18-,19+,20+,21-,22-,23+,26-,27-,28+/m0/s1. The number of hydrogen-bond acceptors (Lipinski definition) is 6. The maximum atomic E-state index is 10.4. The summed E-state index contributed by atoms with van der Waals surface area (Å²) < 4.78 is 17.1. The van der Waals surface area contributed by atoms with Crippen LogP contribution in [-0.2, 0) is 22.5 Å².